The first-order valence-electron chi connectivity index (χ1n) is 14.1. The summed E-state index contributed by atoms with van der Waals surface area (Å²) in [6.07, 6.45) is 3.61. The summed E-state index contributed by atoms with van der Waals surface area (Å²) in [7, 11) is 0. The number of nitro groups is 1. The number of rotatable bonds is 11. The molecule has 3 heterocycles. The summed E-state index contributed by atoms with van der Waals surface area (Å²) < 4.78 is 11.3. The Bertz CT molecular complexity index is 1480. The maximum atomic E-state index is 12.9. The molecule has 3 aliphatic heterocycles. The summed E-state index contributed by atoms with van der Waals surface area (Å²) in [5.74, 6) is 1.59. The predicted molar refractivity (Wildman–Crippen MR) is 157 cm³/mol. The molecule has 10 nitrogen and oxygen atoms in total. The molecule has 1 saturated heterocycles. The van der Waals surface area contributed by atoms with E-state index in [0.717, 1.165) is 55.2 Å². The second kappa shape index (κ2) is 12.1. The predicted octanol–water partition coefficient (Wildman–Crippen LogP) is 4.71. The van der Waals surface area contributed by atoms with E-state index < -0.39 is 4.92 Å². The second-order valence-electron chi connectivity index (χ2n) is 10.7. The van der Waals surface area contributed by atoms with Gasteiger partial charge in [-0.05, 0) is 54.3 Å². The summed E-state index contributed by atoms with van der Waals surface area (Å²) in [4.78, 5) is 31.1. The van der Waals surface area contributed by atoms with E-state index in [0.29, 0.717) is 31.0 Å². The number of ketones is 1. The van der Waals surface area contributed by atoms with Crippen LogP contribution in [0.3, 0.4) is 0 Å². The molecule has 212 valence electrons. The molecule has 2 atom stereocenters. The van der Waals surface area contributed by atoms with E-state index >= 15 is 0 Å². The Hall–Kier alpha value is -4.28. The highest BCUT2D eigenvalue weighted by molar-refractivity contribution is 5.99. The number of fused-ring (bicyclic) bond motifs is 2. The lowest BCUT2D eigenvalue weighted by Gasteiger charge is -2.21. The van der Waals surface area contributed by atoms with Crippen LogP contribution in [-0.2, 0) is 6.54 Å². The van der Waals surface area contributed by atoms with Gasteiger partial charge in [-0.2, -0.15) is 0 Å². The minimum absolute atomic E-state index is 0.0946. The van der Waals surface area contributed by atoms with Gasteiger partial charge >= 0.3 is 0 Å². The highest BCUT2D eigenvalue weighted by Crippen LogP contribution is 2.34. The molecule has 10 heteroatoms. The summed E-state index contributed by atoms with van der Waals surface area (Å²) in [6.45, 7) is 4.35. The smallest absolute Gasteiger partial charge is 0.293 e. The van der Waals surface area contributed by atoms with Gasteiger partial charge in [0.2, 0.25) is 0 Å². The number of para-hydroxylation sites is 1. The first-order chi connectivity index (χ1) is 20.0. The molecule has 3 aliphatic rings. The van der Waals surface area contributed by atoms with E-state index in [1.807, 2.05) is 36.5 Å². The molecule has 41 heavy (non-hydrogen) atoms. The normalized spacial score (nSPS) is 19.2. The van der Waals surface area contributed by atoms with Crippen LogP contribution in [0.5, 0.6) is 11.5 Å². The average Bonchev–Trinajstić information content (AvgIpc) is 3.62. The van der Waals surface area contributed by atoms with Crippen molar-refractivity contribution < 1.29 is 19.2 Å². The lowest BCUT2D eigenvalue weighted by molar-refractivity contribution is -0.384. The summed E-state index contributed by atoms with van der Waals surface area (Å²) in [5.41, 5.74) is 3.96. The fraction of sp³-hybridized carbons (Fsp3) is 0.355. The highest BCUT2D eigenvalue weighted by Gasteiger charge is 2.25. The van der Waals surface area contributed by atoms with Gasteiger partial charge in [0, 0.05) is 56.0 Å². The van der Waals surface area contributed by atoms with Gasteiger partial charge in [-0.25, -0.2) is 0 Å². The van der Waals surface area contributed by atoms with Crippen molar-refractivity contribution in [3.8, 4) is 11.5 Å². The monoisotopic (exact) mass is 555 g/mol. The van der Waals surface area contributed by atoms with Crippen LogP contribution in [-0.4, -0.2) is 67.3 Å². The number of nitro benzene ring substituents is 1. The molecule has 0 aliphatic carbocycles. The second-order valence-corrected chi connectivity index (χ2v) is 10.7. The lowest BCUT2D eigenvalue weighted by atomic mass is 9.98. The molecule has 0 bridgehead atoms. The zero-order valence-electron chi connectivity index (χ0n) is 22.8. The molecular weight excluding hydrogens is 522 g/mol. The topological polar surface area (TPSA) is 118 Å². The molecule has 0 saturated carbocycles. The number of benzene rings is 3. The van der Waals surface area contributed by atoms with Gasteiger partial charge in [0.25, 0.3) is 5.69 Å². The van der Waals surface area contributed by atoms with Crippen LogP contribution in [0.2, 0.25) is 0 Å². The van der Waals surface area contributed by atoms with Crippen LogP contribution < -0.4 is 20.1 Å². The fourth-order valence-corrected chi connectivity index (χ4v) is 5.69. The number of carbonyl (C=O) groups excluding carboxylic acids is 1. The van der Waals surface area contributed by atoms with Gasteiger partial charge in [-0.3, -0.25) is 24.8 Å². The minimum Gasteiger partial charge on any atom is -0.486 e. The Labute approximate surface area is 238 Å². The van der Waals surface area contributed by atoms with E-state index in [1.165, 1.54) is 11.6 Å². The molecule has 0 amide bonds. The Morgan fingerprint density at radius 2 is 1.93 bits per heavy atom. The lowest BCUT2D eigenvalue weighted by Crippen LogP contribution is -2.36. The zero-order valence-corrected chi connectivity index (χ0v) is 22.8. The van der Waals surface area contributed by atoms with E-state index in [2.05, 4.69) is 32.7 Å². The number of nitrogens with zero attached hydrogens (tertiary/aromatic N) is 3. The van der Waals surface area contributed by atoms with Crippen molar-refractivity contribution in [2.24, 2.45) is 4.99 Å². The molecule has 2 unspecified atom stereocenters. The van der Waals surface area contributed by atoms with Gasteiger partial charge in [-0.15, -0.1) is 0 Å². The third-order valence-electron chi connectivity index (χ3n) is 7.85. The maximum Gasteiger partial charge on any atom is 0.293 e. The number of likely N-dealkylation sites (tertiary alicyclic amines) is 1. The van der Waals surface area contributed by atoms with E-state index in [-0.39, 0.29) is 30.0 Å². The first-order valence-corrected chi connectivity index (χ1v) is 14.1. The number of anilines is 1. The Balaban J connectivity index is 0.992. The largest absolute Gasteiger partial charge is 0.486 e. The van der Waals surface area contributed by atoms with Crippen molar-refractivity contribution in [2.45, 2.75) is 31.3 Å². The van der Waals surface area contributed by atoms with Crippen molar-refractivity contribution in [1.29, 1.82) is 0 Å². The molecule has 3 aromatic carbocycles. The molecule has 2 N–H and O–H groups in total. The van der Waals surface area contributed by atoms with Gasteiger partial charge < -0.3 is 20.1 Å². The molecule has 3 aromatic rings. The van der Waals surface area contributed by atoms with Crippen LogP contribution in [0.1, 0.15) is 40.2 Å². The number of aliphatic imine (C=N–C) groups is 1. The van der Waals surface area contributed by atoms with Gasteiger partial charge in [-0.1, -0.05) is 24.3 Å². The van der Waals surface area contributed by atoms with Crippen molar-refractivity contribution >= 4 is 29.1 Å². The number of ether oxygens (including phenoxy) is 2. The quantitative estimate of drug-likeness (QED) is 0.198. The van der Waals surface area contributed by atoms with E-state index in [4.69, 9.17) is 9.47 Å². The van der Waals surface area contributed by atoms with Crippen LogP contribution in [0.15, 0.2) is 65.7 Å². The maximum absolute atomic E-state index is 12.9. The molecule has 0 spiro atoms. The summed E-state index contributed by atoms with van der Waals surface area (Å²) >= 11 is 0. The number of hydrogen-bond acceptors (Lipinski definition) is 9. The Morgan fingerprint density at radius 1 is 1.07 bits per heavy atom. The molecular formula is C31H33N5O5. The number of Topliss-reactive ketones (excluding diaryl/α,β-unsaturated/α-hetero) is 1. The third kappa shape index (κ3) is 6.23. The SMILES string of the molecule is O=C(CNC1CCN(Cc2ccc3c(c2)OCCO3)C1)c1ccc(NCCC2C=Nc3ccccc32)c([N+](=O)[O-])c1. The average molecular weight is 556 g/mol. The zero-order chi connectivity index (χ0) is 28.2. The Morgan fingerprint density at radius 3 is 2.80 bits per heavy atom. The van der Waals surface area contributed by atoms with Crippen molar-refractivity contribution in [2.75, 3.05) is 44.7 Å². The van der Waals surface area contributed by atoms with Gasteiger partial charge in [0.15, 0.2) is 17.3 Å². The van der Waals surface area contributed by atoms with Crippen LogP contribution >= 0.6 is 0 Å². The van der Waals surface area contributed by atoms with Crippen LogP contribution in [0, 0.1) is 10.1 Å². The van der Waals surface area contributed by atoms with E-state index in [1.54, 1.807) is 12.1 Å². The molecule has 1 fully saturated rings. The van der Waals surface area contributed by atoms with Crippen LogP contribution in [0.4, 0.5) is 17.1 Å². The van der Waals surface area contributed by atoms with Crippen molar-refractivity contribution in [1.82, 2.24) is 10.2 Å². The molecule has 0 aromatic heterocycles. The number of nitrogens with one attached hydrogen (secondary N) is 2. The van der Waals surface area contributed by atoms with Crippen LogP contribution in [0.25, 0.3) is 0 Å². The summed E-state index contributed by atoms with van der Waals surface area (Å²) in [6, 6.07) is 18.9. The third-order valence-corrected chi connectivity index (χ3v) is 7.85. The van der Waals surface area contributed by atoms with E-state index in [9.17, 15) is 14.9 Å². The van der Waals surface area contributed by atoms with Crippen molar-refractivity contribution in [3.05, 3.63) is 87.5 Å². The molecule has 6 rings (SSSR count). The van der Waals surface area contributed by atoms with Crippen molar-refractivity contribution in [3.63, 3.8) is 0 Å². The van der Waals surface area contributed by atoms with Gasteiger partial charge in [0.1, 0.15) is 18.9 Å². The number of hydrogen-bond donors (Lipinski definition) is 2. The Kier molecular flexibility index (Phi) is 7.93. The fourth-order valence-electron chi connectivity index (χ4n) is 5.69. The van der Waals surface area contributed by atoms with Gasteiger partial charge in [0.05, 0.1) is 17.2 Å². The number of carbonyl (C=O) groups is 1. The first kappa shape index (κ1) is 26.9. The molecule has 0 radical (unpaired) electrons. The minimum atomic E-state index is -0.439. The standard InChI is InChI=1S/C31H33N5O5/c37-29(18-33-24-10-12-35(20-24)19-21-5-8-30-31(15-21)41-14-13-40-30)22-6-7-27(28(16-22)36(38)39)32-11-9-23-17-34-26-4-2-1-3-25(23)26/h1-8,15-17,23-24,32-33H,9-14,18-20H2. The highest BCUT2D eigenvalue weighted by atomic mass is 16.6. The summed E-state index contributed by atoms with van der Waals surface area (Å²) in [5, 5.41) is 18.3.